The Hall–Kier alpha value is -3.85. The fraction of sp³-hybridized carbons (Fsp3) is 0.292. The quantitative estimate of drug-likeness (QED) is 0.277. The number of aryl methyl sites for hydroxylation is 1. The highest BCUT2D eigenvalue weighted by Crippen LogP contribution is 2.40. The molecule has 2 N–H and O–H groups in total. The van der Waals surface area contributed by atoms with Gasteiger partial charge in [0.25, 0.3) is 5.56 Å². The molecule has 2 aliphatic rings. The van der Waals surface area contributed by atoms with Crippen molar-refractivity contribution in [3.63, 3.8) is 0 Å². The average Bonchev–Trinajstić information content (AvgIpc) is 3.15. The number of hydrogen-bond donors (Lipinski definition) is 2. The van der Waals surface area contributed by atoms with Crippen molar-refractivity contribution in [2.45, 2.75) is 45.3 Å². The average molecular weight is 448 g/mol. The van der Waals surface area contributed by atoms with Gasteiger partial charge in [0, 0.05) is 28.5 Å². The topological polar surface area (TPSA) is 136 Å². The maximum absolute atomic E-state index is 13.4. The number of fused-ring (bicyclic) bond motifs is 5. The van der Waals surface area contributed by atoms with Crippen molar-refractivity contribution >= 4 is 28.6 Å². The Morgan fingerprint density at radius 2 is 1.94 bits per heavy atom. The van der Waals surface area contributed by atoms with Crippen LogP contribution in [-0.4, -0.2) is 37.5 Å². The molecule has 1 atom stereocenters. The second-order valence-corrected chi connectivity index (χ2v) is 8.27. The van der Waals surface area contributed by atoms with Gasteiger partial charge in [0.05, 0.1) is 23.4 Å². The van der Waals surface area contributed by atoms with Gasteiger partial charge in [-0.25, -0.2) is 9.78 Å². The van der Waals surface area contributed by atoms with Gasteiger partial charge < -0.3 is 19.5 Å². The van der Waals surface area contributed by atoms with Crippen molar-refractivity contribution in [1.29, 1.82) is 0 Å². The van der Waals surface area contributed by atoms with Crippen LogP contribution in [0.4, 0.5) is 4.79 Å². The first-order valence-corrected chi connectivity index (χ1v) is 10.6. The number of carbonyl (C=O) groups excluding carboxylic acids is 2. The van der Waals surface area contributed by atoms with Crippen molar-refractivity contribution < 1.29 is 29.3 Å². The Morgan fingerprint density at radius 1 is 1.18 bits per heavy atom. The van der Waals surface area contributed by atoms with E-state index in [1.54, 1.807) is 25.1 Å². The number of carboxylic acid groups (broad SMARTS) is 1. The molecule has 0 saturated carbocycles. The second kappa shape index (κ2) is 7.08. The predicted octanol–water partition coefficient (Wildman–Crippen LogP) is 2.34. The van der Waals surface area contributed by atoms with Crippen LogP contribution in [-0.2, 0) is 34.6 Å². The van der Waals surface area contributed by atoms with Gasteiger partial charge in [0.15, 0.2) is 5.60 Å². The molecule has 1 aliphatic carbocycles. The molecule has 0 amide bonds. The fourth-order valence-electron chi connectivity index (χ4n) is 4.98. The number of aromatic nitrogens is 2. The number of nitrogens with zero attached hydrogens (tertiary/aromatic N) is 2. The van der Waals surface area contributed by atoms with Crippen LogP contribution in [0.3, 0.4) is 0 Å². The van der Waals surface area contributed by atoms with E-state index in [-0.39, 0.29) is 36.3 Å². The van der Waals surface area contributed by atoms with Gasteiger partial charge in [-0.05, 0) is 42.7 Å². The van der Waals surface area contributed by atoms with Crippen LogP contribution >= 0.6 is 0 Å². The van der Waals surface area contributed by atoms with Crippen LogP contribution in [0.25, 0.3) is 22.3 Å². The van der Waals surface area contributed by atoms with Crippen molar-refractivity contribution in [3.05, 3.63) is 56.9 Å². The zero-order valence-corrected chi connectivity index (χ0v) is 18.0. The maximum atomic E-state index is 13.4. The van der Waals surface area contributed by atoms with Crippen LogP contribution in [0.2, 0.25) is 0 Å². The van der Waals surface area contributed by atoms with E-state index in [4.69, 9.17) is 14.8 Å². The Bertz CT molecular complexity index is 1470. The van der Waals surface area contributed by atoms with E-state index in [0.29, 0.717) is 23.3 Å². The second-order valence-electron chi connectivity index (χ2n) is 8.27. The fourth-order valence-corrected chi connectivity index (χ4v) is 4.98. The summed E-state index contributed by atoms with van der Waals surface area (Å²) in [7, 11) is 0. The highest BCUT2D eigenvalue weighted by Gasteiger charge is 2.47. The highest BCUT2D eigenvalue weighted by molar-refractivity contribution is 6.41. The van der Waals surface area contributed by atoms with E-state index in [1.807, 2.05) is 6.92 Å². The van der Waals surface area contributed by atoms with Gasteiger partial charge in [0.2, 0.25) is 11.6 Å². The van der Waals surface area contributed by atoms with E-state index in [9.17, 15) is 24.3 Å². The van der Waals surface area contributed by atoms with Gasteiger partial charge in [0.1, 0.15) is 5.75 Å². The smallest absolute Gasteiger partial charge is 0.449 e. The van der Waals surface area contributed by atoms with E-state index >= 15 is 0 Å². The lowest BCUT2D eigenvalue weighted by Gasteiger charge is -2.31. The summed E-state index contributed by atoms with van der Waals surface area (Å²) in [6, 6.07) is 6.37. The van der Waals surface area contributed by atoms with Gasteiger partial charge in [-0.2, -0.15) is 0 Å². The lowest BCUT2D eigenvalue weighted by molar-refractivity contribution is -0.150. The van der Waals surface area contributed by atoms with Crippen LogP contribution in [0.1, 0.15) is 42.5 Å². The molecule has 3 aromatic rings. The summed E-state index contributed by atoms with van der Waals surface area (Å²) in [4.78, 5) is 53.8. The maximum Gasteiger partial charge on any atom is 0.511 e. The molecular weight excluding hydrogens is 428 g/mol. The summed E-state index contributed by atoms with van der Waals surface area (Å²) in [5, 5.41) is 20.7. The monoisotopic (exact) mass is 448 g/mol. The first-order valence-electron chi connectivity index (χ1n) is 10.6. The molecule has 1 aromatic carbocycles. The number of pyridine rings is 2. The highest BCUT2D eigenvalue weighted by atomic mass is 16.7. The number of Topliss-reactive ketones (excluding diaryl/α,β-unsaturated/α-hetero) is 2. The summed E-state index contributed by atoms with van der Waals surface area (Å²) < 4.78 is 6.30. The molecule has 0 saturated heterocycles. The van der Waals surface area contributed by atoms with Crippen molar-refractivity contribution in [1.82, 2.24) is 9.55 Å². The van der Waals surface area contributed by atoms with Crippen molar-refractivity contribution in [3.8, 4) is 17.1 Å². The lowest BCUT2D eigenvalue weighted by Crippen LogP contribution is -2.48. The molecule has 0 unspecified atom stereocenters. The molecular formula is C24H20N2O7. The third-order valence-electron chi connectivity index (χ3n) is 6.62. The van der Waals surface area contributed by atoms with Crippen molar-refractivity contribution in [2.75, 3.05) is 0 Å². The molecule has 9 nitrogen and oxygen atoms in total. The minimum Gasteiger partial charge on any atom is -0.449 e. The van der Waals surface area contributed by atoms with Crippen molar-refractivity contribution in [2.24, 2.45) is 0 Å². The van der Waals surface area contributed by atoms with E-state index < -0.39 is 28.9 Å². The molecule has 5 rings (SSSR count). The summed E-state index contributed by atoms with van der Waals surface area (Å²) in [5.41, 5.74) is 1.19. The van der Waals surface area contributed by atoms with Crippen LogP contribution in [0.5, 0.6) is 5.75 Å². The first-order chi connectivity index (χ1) is 15.7. The molecule has 0 spiro atoms. The summed E-state index contributed by atoms with van der Waals surface area (Å²) in [5.74, 6) is -1.50. The number of carbonyl (C=O) groups is 3. The lowest BCUT2D eigenvalue weighted by atomic mass is 9.76. The summed E-state index contributed by atoms with van der Waals surface area (Å²) in [6.45, 7) is 3.76. The third-order valence-corrected chi connectivity index (χ3v) is 6.62. The molecule has 0 radical (unpaired) electrons. The van der Waals surface area contributed by atoms with Gasteiger partial charge in [-0.15, -0.1) is 0 Å². The van der Waals surface area contributed by atoms with Crippen LogP contribution in [0.15, 0.2) is 29.1 Å². The molecule has 2 aromatic heterocycles. The number of aliphatic hydroxyl groups is 1. The van der Waals surface area contributed by atoms with Crippen LogP contribution in [0, 0.1) is 0 Å². The Labute approximate surface area is 187 Å². The Kier molecular flexibility index (Phi) is 4.51. The molecule has 0 bridgehead atoms. The molecule has 33 heavy (non-hydrogen) atoms. The molecule has 168 valence electrons. The SMILES string of the molecule is CCc1c2c(nc3ccc(OC(=O)O)cc13)-c1cc3c(c(=O)n1C2)CC(=O)C(=O)[C@]3(O)CC. The number of ether oxygens (including phenoxy) is 1. The zero-order valence-electron chi connectivity index (χ0n) is 18.0. The van der Waals surface area contributed by atoms with E-state index in [0.717, 1.165) is 16.5 Å². The van der Waals surface area contributed by atoms with Gasteiger partial charge >= 0.3 is 6.16 Å². The van der Waals surface area contributed by atoms with Gasteiger partial charge in [-0.3, -0.25) is 14.4 Å². The zero-order chi connectivity index (χ0) is 23.7. The first kappa shape index (κ1) is 21.0. The Morgan fingerprint density at radius 3 is 2.61 bits per heavy atom. The number of ketones is 2. The molecule has 0 fully saturated rings. The minimum atomic E-state index is -2.03. The minimum absolute atomic E-state index is 0.0297. The number of hydrogen-bond acceptors (Lipinski definition) is 7. The third kappa shape index (κ3) is 2.85. The largest absolute Gasteiger partial charge is 0.511 e. The van der Waals surface area contributed by atoms with Gasteiger partial charge in [-0.1, -0.05) is 13.8 Å². The van der Waals surface area contributed by atoms with E-state index in [1.165, 1.54) is 10.6 Å². The van der Waals surface area contributed by atoms with E-state index in [2.05, 4.69) is 0 Å². The normalized spacial score (nSPS) is 18.8. The number of benzene rings is 1. The standard InChI is InChI=1S/C24H20N2O7/c1-3-12-13-7-11(33-23(30)31)5-6-17(13)25-20-15(12)10-26-18(20)9-16-14(22(26)29)8-19(27)21(28)24(16,32)4-2/h5-7,9,32H,3-4,8,10H2,1-2H3,(H,30,31)/t24-/m0/s1. The molecule has 1 aliphatic heterocycles. The van der Waals surface area contributed by atoms with Crippen LogP contribution < -0.4 is 10.3 Å². The Balaban J connectivity index is 1.77. The summed E-state index contributed by atoms with van der Waals surface area (Å²) >= 11 is 0. The summed E-state index contributed by atoms with van der Waals surface area (Å²) in [6.07, 6.45) is -1.19. The number of rotatable bonds is 3. The predicted molar refractivity (Wildman–Crippen MR) is 116 cm³/mol. The molecule has 3 heterocycles. The molecule has 9 heteroatoms.